The summed E-state index contributed by atoms with van der Waals surface area (Å²) in [5.41, 5.74) is 2.47. The Morgan fingerprint density at radius 1 is 0.795 bits per heavy atom. The van der Waals surface area contributed by atoms with Crippen LogP contribution in [0.1, 0.15) is 48.5 Å². The molecule has 0 aromatic heterocycles. The van der Waals surface area contributed by atoms with Crippen LogP contribution < -0.4 is 4.72 Å². The van der Waals surface area contributed by atoms with Crippen molar-refractivity contribution in [2.45, 2.75) is 42.1 Å². The van der Waals surface area contributed by atoms with Crippen LogP contribution in [0.15, 0.2) is 108 Å². The van der Waals surface area contributed by atoms with Crippen LogP contribution in [0.4, 0.5) is 8.78 Å². The maximum absolute atomic E-state index is 13.5. The molecule has 9 heteroatoms. The molecule has 0 saturated carbocycles. The average molecular weight is 639 g/mol. The number of sulfonamides is 1. The van der Waals surface area contributed by atoms with E-state index >= 15 is 0 Å². The molecule has 44 heavy (non-hydrogen) atoms. The number of nitrogens with one attached hydrogen (secondary N) is 1. The number of unbranched alkanes of at least 4 members (excludes halogenated alkanes) is 1. The molecule has 1 N–H and O–H groups in total. The van der Waals surface area contributed by atoms with E-state index in [0.29, 0.717) is 18.2 Å². The van der Waals surface area contributed by atoms with E-state index < -0.39 is 16.1 Å². The van der Waals surface area contributed by atoms with E-state index in [9.17, 15) is 17.2 Å². The van der Waals surface area contributed by atoms with E-state index in [-0.39, 0.29) is 21.9 Å². The Kier molecular flexibility index (Phi) is 10.8. The van der Waals surface area contributed by atoms with Gasteiger partial charge in [0.2, 0.25) is 10.0 Å². The normalized spacial score (nSPS) is 15.5. The summed E-state index contributed by atoms with van der Waals surface area (Å²) in [4.78, 5) is 2.62. The van der Waals surface area contributed by atoms with E-state index in [4.69, 9.17) is 16.3 Å². The predicted octanol–water partition coefficient (Wildman–Crippen LogP) is 7.52. The van der Waals surface area contributed by atoms with Gasteiger partial charge in [-0.2, -0.15) is 0 Å². The molecule has 0 amide bonds. The van der Waals surface area contributed by atoms with Gasteiger partial charge in [-0.3, -0.25) is 0 Å². The fourth-order valence-corrected chi connectivity index (χ4v) is 7.05. The average Bonchev–Trinajstić information content (AvgIpc) is 3.04. The minimum absolute atomic E-state index is 0.200. The summed E-state index contributed by atoms with van der Waals surface area (Å²) in [6.45, 7) is 3.44. The predicted molar refractivity (Wildman–Crippen MR) is 170 cm³/mol. The molecule has 1 saturated heterocycles. The highest BCUT2D eigenvalue weighted by molar-refractivity contribution is 7.89. The van der Waals surface area contributed by atoms with E-state index in [0.717, 1.165) is 62.0 Å². The Morgan fingerprint density at radius 3 is 1.93 bits per heavy atom. The van der Waals surface area contributed by atoms with Gasteiger partial charge in [0.15, 0.2) is 0 Å². The molecule has 0 unspecified atom stereocenters. The summed E-state index contributed by atoms with van der Waals surface area (Å²) in [6.07, 6.45) is 3.01. The molecule has 5 nitrogen and oxygen atoms in total. The van der Waals surface area contributed by atoms with Crippen LogP contribution in [0.25, 0.3) is 0 Å². The number of piperidine rings is 1. The van der Waals surface area contributed by atoms with Gasteiger partial charge in [-0.15, -0.1) is 0 Å². The zero-order chi connectivity index (χ0) is 31.0. The first-order chi connectivity index (χ1) is 21.2. The van der Waals surface area contributed by atoms with Crippen LogP contribution in [0.5, 0.6) is 0 Å². The molecule has 0 bridgehead atoms. The molecule has 0 radical (unpaired) electrons. The van der Waals surface area contributed by atoms with Gasteiger partial charge in [0.05, 0.1) is 4.90 Å². The molecule has 4 aromatic rings. The van der Waals surface area contributed by atoms with Crippen LogP contribution in [-0.4, -0.2) is 46.1 Å². The third kappa shape index (κ3) is 8.31. The molecule has 0 spiro atoms. The number of halogens is 3. The van der Waals surface area contributed by atoms with Crippen molar-refractivity contribution in [2.75, 3.05) is 32.8 Å². The first kappa shape index (κ1) is 32.3. The molecule has 1 fully saturated rings. The molecule has 4 aromatic carbocycles. The first-order valence-corrected chi connectivity index (χ1v) is 16.8. The molecule has 1 aliphatic heterocycles. The van der Waals surface area contributed by atoms with E-state index in [1.807, 2.05) is 18.2 Å². The first-order valence-electron chi connectivity index (χ1n) is 14.9. The fourth-order valence-electron chi connectivity index (χ4n) is 5.79. The third-order valence-electron chi connectivity index (χ3n) is 8.42. The van der Waals surface area contributed by atoms with Crippen molar-refractivity contribution < 1.29 is 21.9 Å². The molecule has 1 heterocycles. The number of nitrogens with zero attached hydrogens (tertiary/aromatic N) is 1. The fraction of sp³-hybridized carbons (Fsp3) is 0.314. The lowest BCUT2D eigenvalue weighted by atomic mass is 9.73. The molecule has 1 aliphatic rings. The molecule has 232 valence electrons. The molecular formula is C35H37ClF2N2O3S. The quantitative estimate of drug-likeness (QED) is 0.154. The van der Waals surface area contributed by atoms with Crippen LogP contribution in [-0.2, 0) is 20.2 Å². The van der Waals surface area contributed by atoms with Crippen molar-refractivity contribution >= 4 is 21.6 Å². The zero-order valence-corrected chi connectivity index (χ0v) is 26.0. The number of rotatable bonds is 13. The van der Waals surface area contributed by atoms with Crippen LogP contribution in [0.2, 0.25) is 5.02 Å². The van der Waals surface area contributed by atoms with Gasteiger partial charge in [0.25, 0.3) is 0 Å². The Hall–Kier alpha value is -3.14. The van der Waals surface area contributed by atoms with E-state index in [1.165, 1.54) is 36.4 Å². The number of hydrogen-bond donors (Lipinski definition) is 1. The van der Waals surface area contributed by atoms with Crippen molar-refractivity contribution in [3.8, 4) is 0 Å². The summed E-state index contributed by atoms with van der Waals surface area (Å²) in [6, 6.07) is 28.8. The summed E-state index contributed by atoms with van der Waals surface area (Å²) < 4.78 is 62.3. The molecular weight excluding hydrogens is 602 g/mol. The number of likely N-dealkylation sites (tertiary alicyclic amines) is 1. The largest absolute Gasteiger partial charge is 0.369 e. The maximum atomic E-state index is 13.5. The number of hydrogen-bond acceptors (Lipinski definition) is 4. The van der Waals surface area contributed by atoms with Crippen LogP contribution in [0, 0.1) is 11.6 Å². The van der Waals surface area contributed by atoms with Crippen molar-refractivity contribution in [1.82, 2.24) is 9.62 Å². The molecule has 0 atom stereocenters. The third-order valence-corrected chi connectivity index (χ3v) is 10.1. The van der Waals surface area contributed by atoms with Crippen molar-refractivity contribution in [2.24, 2.45) is 0 Å². The molecule has 0 aliphatic carbocycles. The highest BCUT2D eigenvalue weighted by Gasteiger charge is 2.37. The number of benzene rings is 4. The molecule has 5 rings (SSSR count). The van der Waals surface area contributed by atoms with Gasteiger partial charge in [0, 0.05) is 23.6 Å². The Labute approximate surface area is 263 Å². The van der Waals surface area contributed by atoms with Crippen LogP contribution in [0.3, 0.4) is 0 Å². The second-order valence-corrected chi connectivity index (χ2v) is 13.5. The topological polar surface area (TPSA) is 58.6 Å². The van der Waals surface area contributed by atoms with Gasteiger partial charge in [-0.25, -0.2) is 21.9 Å². The lowest BCUT2D eigenvalue weighted by molar-refractivity contribution is 0.0735. The summed E-state index contributed by atoms with van der Waals surface area (Å²) in [5.74, 6) is -0.633. The SMILES string of the molecule is O=S(=O)(NCC1(c2ccccc2)CCN(CCCCOC(c2ccc(F)cc2)c2ccc(F)cc2)CC1)c1ccc(Cl)cc1. The highest BCUT2D eigenvalue weighted by atomic mass is 35.5. The summed E-state index contributed by atoms with van der Waals surface area (Å²) in [7, 11) is -3.68. The summed E-state index contributed by atoms with van der Waals surface area (Å²) in [5, 5.41) is 0.490. The number of ether oxygens (including phenoxy) is 1. The lowest BCUT2D eigenvalue weighted by Crippen LogP contribution is -2.49. The minimum Gasteiger partial charge on any atom is -0.369 e. The monoisotopic (exact) mass is 638 g/mol. The highest BCUT2D eigenvalue weighted by Crippen LogP contribution is 2.36. The maximum Gasteiger partial charge on any atom is 0.240 e. The second-order valence-electron chi connectivity index (χ2n) is 11.3. The van der Waals surface area contributed by atoms with Gasteiger partial charge < -0.3 is 9.64 Å². The van der Waals surface area contributed by atoms with Gasteiger partial charge in [-0.05, 0) is 111 Å². The second kappa shape index (κ2) is 14.8. The van der Waals surface area contributed by atoms with Gasteiger partial charge in [0.1, 0.15) is 17.7 Å². The lowest BCUT2D eigenvalue weighted by Gasteiger charge is -2.42. The Balaban J connectivity index is 1.15. The van der Waals surface area contributed by atoms with E-state index in [2.05, 4.69) is 21.8 Å². The minimum atomic E-state index is -3.68. The van der Waals surface area contributed by atoms with E-state index in [1.54, 1.807) is 36.4 Å². The van der Waals surface area contributed by atoms with Crippen molar-refractivity contribution in [1.29, 1.82) is 0 Å². The Morgan fingerprint density at radius 2 is 1.36 bits per heavy atom. The van der Waals surface area contributed by atoms with Crippen molar-refractivity contribution in [3.63, 3.8) is 0 Å². The van der Waals surface area contributed by atoms with Gasteiger partial charge >= 0.3 is 0 Å². The smallest absolute Gasteiger partial charge is 0.240 e. The standard InChI is InChI=1S/C35H37ClF2N2O3S/c36-30-12-18-33(19-13-30)44(41,42)39-26-35(29-6-2-1-3-7-29)20-23-40(24-21-35)22-4-5-25-43-34(27-8-14-31(37)15-9-27)28-10-16-32(38)17-11-28/h1-3,6-19,34,39H,4-5,20-26H2. The summed E-state index contributed by atoms with van der Waals surface area (Å²) >= 11 is 5.95. The zero-order valence-electron chi connectivity index (χ0n) is 24.5. The van der Waals surface area contributed by atoms with Gasteiger partial charge in [-0.1, -0.05) is 66.2 Å². The van der Waals surface area contributed by atoms with Crippen molar-refractivity contribution in [3.05, 3.63) is 136 Å². The van der Waals surface area contributed by atoms with Crippen LogP contribution >= 0.6 is 11.6 Å². The Bertz CT molecular complexity index is 1530.